The molecule has 22 heavy (non-hydrogen) atoms. The van der Waals surface area contributed by atoms with E-state index in [-0.39, 0.29) is 30.0 Å². The monoisotopic (exact) mass is 322 g/mol. The van der Waals surface area contributed by atoms with Gasteiger partial charge in [-0.1, -0.05) is 26.8 Å². The van der Waals surface area contributed by atoms with Gasteiger partial charge in [0.15, 0.2) is 0 Å². The number of hydrogen-bond donors (Lipinski definition) is 2. The van der Waals surface area contributed by atoms with Crippen LogP contribution in [-0.4, -0.2) is 16.0 Å². The van der Waals surface area contributed by atoms with Gasteiger partial charge >= 0.3 is 0 Å². The molecule has 1 aromatic heterocycles. The molecule has 0 unspecified atom stereocenters. The third-order valence-electron chi connectivity index (χ3n) is 3.22. The first kappa shape index (κ1) is 16.6. The molecule has 0 aliphatic rings. The number of aromatic nitrogens is 1. The average Bonchev–Trinajstić information content (AvgIpc) is 2.95. The van der Waals surface area contributed by atoms with Crippen LogP contribution in [0.5, 0.6) is 0 Å². The molecule has 4 nitrogen and oxygen atoms in total. The van der Waals surface area contributed by atoms with Crippen molar-refractivity contribution in [2.75, 3.05) is 0 Å². The predicted octanol–water partition coefficient (Wildman–Crippen LogP) is 3.00. The topological polar surface area (TPSA) is 62.2 Å². The van der Waals surface area contributed by atoms with Gasteiger partial charge in [-0.2, -0.15) is 0 Å². The molecule has 0 bridgehead atoms. The highest BCUT2D eigenvalue weighted by molar-refractivity contribution is 7.11. The first-order valence-electron chi connectivity index (χ1n) is 6.93. The minimum absolute atomic E-state index is 0.192. The van der Waals surface area contributed by atoms with Gasteiger partial charge in [0, 0.05) is 17.5 Å². The zero-order valence-corrected chi connectivity index (χ0v) is 13.6. The first-order valence-corrected chi connectivity index (χ1v) is 7.81. The smallest absolute Gasteiger partial charge is 0.263 e. The van der Waals surface area contributed by atoms with Gasteiger partial charge in [-0.05, 0) is 17.7 Å². The summed E-state index contributed by atoms with van der Waals surface area (Å²) in [5.41, 5.74) is 3.19. The maximum Gasteiger partial charge on any atom is 0.263 e. The minimum atomic E-state index is -0.449. The molecule has 1 amide bonds. The number of nitrogens with zero attached hydrogens (tertiary/aromatic N) is 1. The van der Waals surface area contributed by atoms with Crippen molar-refractivity contribution in [3.05, 3.63) is 51.2 Å². The van der Waals surface area contributed by atoms with E-state index in [1.807, 2.05) is 20.8 Å². The summed E-state index contributed by atoms with van der Waals surface area (Å²) in [6, 6.07) is 4.43. The van der Waals surface area contributed by atoms with Crippen LogP contribution in [0.15, 0.2) is 23.7 Å². The lowest BCUT2D eigenvalue weighted by molar-refractivity contribution is 0.0952. The third-order valence-corrected chi connectivity index (χ3v) is 4.04. The molecule has 2 aromatic rings. The molecular formula is C16H19FN2O2S. The molecule has 0 aliphatic carbocycles. The molecule has 0 aliphatic heterocycles. The van der Waals surface area contributed by atoms with E-state index in [9.17, 15) is 9.18 Å². The number of aliphatic hydroxyl groups is 1. The molecule has 0 spiro atoms. The molecule has 1 heterocycles. The molecule has 2 N–H and O–H groups in total. The number of aliphatic hydroxyl groups excluding tert-OH is 1. The predicted molar refractivity (Wildman–Crippen MR) is 84.3 cm³/mol. The van der Waals surface area contributed by atoms with Crippen LogP contribution in [-0.2, 0) is 18.6 Å². The average molecular weight is 322 g/mol. The van der Waals surface area contributed by atoms with Crippen LogP contribution in [0, 0.1) is 5.82 Å². The van der Waals surface area contributed by atoms with E-state index in [4.69, 9.17) is 5.11 Å². The zero-order chi connectivity index (χ0) is 16.3. The van der Waals surface area contributed by atoms with Crippen LogP contribution in [0.4, 0.5) is 4.39 Å². The van der Waals surface area contributed by atoms with Crippen LogP contribution in [0.2, 0.25) is 0 Å². The Kier molecular flexibility index (Phi) is 4.93. The molecular weight excluding hydrogens is 303 g/mol. The Balaban J connectivity index is 2.09. The molecule has 1 aromatic carbocycles. The normalized spacial score (nSPS) is 11.5. The van der Waals surface area contributed by atoms with Crippen molar-refractivity contribution < 1.29 is 14.3 Å². The second-order valence-electron chi connectivity index (χ2n) is 6.05. The number of amides is 1. The van der Waals surface area contributed by atoms with Crippen LogP contribution in [0.1, 0.15) is 47.3 Å². The molecule has 0 saturated heterocycles. The van der Waals surface area contributed by atoms with Crippen molar-refractivity contribution in [2.24, 2.45) is 0 Å². The summed E-state index contributed by atoms with van der Waals surface area (Å²) in [6.45, 7) is 5.93. The highest BCUT2D eigenvalue weighted by Gasteiger charge is 2.24. The fourth-order valence-corrected chi connectivity index (χ4v) is 2.98. The third kappa shape index (κ3) is 3.69. The highest BCUT2D eigenvalue weighted by atomic mass is 32.1. The largest absolute Gasteiger partial charge is 0.392 e. The van der Waals surface area contributed by atoms with Gasteiger partial charge in [0.05, 0.1) is 17.8 Å². The molecule has 118 valence electrons. The van der Waals surface area contributed by atoms with E-state index < -0.39 is 5.82 Å². The van der Waals surface area contributed by atoms with Crippen LogP contribution in [0.3, 0.4) is 0 Å². The number of nitrogens with one attached hydrogen (secondary N) is 1. The second-order valence-corrected chi connectivity index (χ2v) is 6.90. The summed E-state index contributed by atoms with van der Waals surface area (Å²) in [4.78, 5) is 17.2. The maximum atomic E-state index is 13.3. The van der Waals surface area contributed by atoms with Gasteiger partial charge in [0.2, 0.25) is 0 Å². The standard InChI is InChI=1S/C16H19FN2O2S/c1-16(2,3)14-13(22-9-19-14)15(21)18-7-10-4-5-12(17)11(6-10)8-20/h4-6,9,20H,7-8H2,1-3H3,(H,18,21). The number of carbonyl (C=O) groups is 1. The summed E-state index contributed by atoms with van der Waals surface area (Å²) in [6.07, 6.45) is 0. The van der Waals surface area contributed by atoms with Crippen LogP contribution < -0.4 is 5.32 Å². The van der Waals surface area contributed by atoms with E-state index in [2.05, 4.69) is 10.3 Å². The van der Waals surface area contributed by atoms with Gasteiger partial charge in [-0.15, -0.1) is 11.3 Å². The first-order chi connectivity index (χ1) is 10.3. The van der Waals surface area contributed by atoms with E-state index in [1.165, 1.54) is 17.4 Å². The molecule has 0 radical (unpaired) electrons. The number of carbonyl (C=O) groups excluding carboxylic acids is 1. The highest BCUT2D eigenvalue weighted by Crippen LogP contribution is 2.27. The van der Waals surface area contributed by atoms with Crippen molar-refractivity contribution in [3.63, 3.8) is 0 Å². The quantitative estimate of drug-likeness (QED) is 0.909. The Morgan fingerprint density at radius 1 is 1.41 bits per heavy atom. The zero-order valence-electron chi connectivity index (χ0n) is 12.8. The van der Waals surface area contributed by atoms with E-state index in [1.54, 1.807) is 17.6 Å². The second kappa shape index (κ2) is 6.54. The van der Waals surface area contributed by atoms with Crippen molar-refractivity contribution in [1.29, 1.82) is 0 Å². The lowest BCUT2D eigenvalue weighted by Gasteiger charge is -2.17. The summed E-state index contributed by atoms with van der Waals surface area (Å²) in [5.74, 6) is -0.641. The van der Waals surface area contributed by atoms with Crippen LogP contribution >= 0.6 is 11.3 Å². The number of rotatable bonds is 4. The van der Waals surface area contributed by atoms with Gasteiger partial charge in [0.1, 0.15) is 10.7 Å². The Labute approximate surface area is 133 Å². The minimum Gasteiger partial charge on any atom is -0.392 e. The fraction of sp³-hybridized carbons (Fsp3) is 0.375. The lowest BCUT2D eigenvalue weighted by Crippen LogP contribution is -2.25. The van der Waals surface area contributed by atoms with Crippen molar-refractivity contribution >= 4 is 17.2 Å². The number of benzene rings is 1. The number of thiazole rings is 1. The van der Waals surface area contributed by atoms with Crippen LogP contribution in [0.25, 0.3) is 0 Å². The Morgan fingerprint density at radius 2 is 2.14 bits per heavy atom. The summed E-state index contributed by atoms with van der Waals surface area (Å²) >= 11 is 1.31. The van der Waals surface area contributed by atoms with Gasteiger partial charge in [-0.25, -0.2) is 9.37 Å². The summed E-state index contributed by atoms with van der Waals surface area (Å²) in [5, 5.41) is 11.9. The van der Waals surface area contributed by atoms with E-state index >= 15 is 0 Å². The van der Waals surface area contributed by atoms with Crippen molar-refractivity contribution in [1.82, 2.24) is 10.3 Å². The Hall–Kier alpha value is -1.79. The Bertz CT molecular complexity index is 677. The van der Waals surface area contributed by atoms with Gasteiger partial charge < -0.3 is 10.4 Å². The number of halogens is 1. The van der Waals surface area contributed by atoms with E-state index in [0.717, 1.165) is 11.3 Å². The lowest BCUT2D eigenvalue weighted by atomic mass is 9.91. The molecule has 0 saturated carbocycles. The van der Waals surface area contributed by atoms with Gasteiger partial charge in [-0.3, -0.25) is 4.79 Å². The summed E-state index contributed by atoms with van der Waals surface area (Å²) < 4.78 is 13.3. The molecule has 0 fully saturated rings. The molecule has 2 rings (SSSR count). The summed E-state index contributed by atoms with van der Waals surface area (Å²) in [7, 11) is 0. The number of hydrogen-bond acceptors (Lipinski definition) is 4. The van der Waals surface area contributed by atoms with Crippen molar-refractivity contribution in [2.45, 2.75) is 39.3 Å². The Morgan fingerprint density at radius 3 is 2.77 bits per heavy atom. The molecule has 0 atom stereocenters. The molecule has 6 heteroatoms. The fourth-order valence-electron chi connectivity index (χ4n) is 2.06. The van der Waals surface area contributed by atoms with Crippen molar-refractivity contribution in [3.8, 4) is 0 Å². The maximum absolute atomic E-state index is 13.3. The van der Waals surface area contributed by atoms with E-state index in [0.29, 0.717) is 4.88 Å². The van der Waals surface area contributed by atoms with Gasteiger partial charge in [0.25, 0.3) is 5.91 Å². The SMILES string of the molecule is CC(C)(C)c1ncsc1C(=O)NCc1ccc(F)c(CO)c1.